The molecule has 0 bridgehead atoms. The van der Waals surface area contributed by atoms with Crippen LogP contribution < -0.4 is 5.32 Å². The summed E-state index contributed by atoms with van der Waals surface area (Å²) in [6.45, 7) is 5.24. The van der Waals surface area contributed by atoms with E-state index in [-0.39, 0.29) is 0 Å². The Bertz CT molecular complexity index is 571. The highest BCUT2D eigenvalue weighted by Crippen LogP contribution is 2.23. The molecule has 0 unspecified atom stereocenters. The largest absolute Gasteiger partial charge is 0.310 e. The van der Waals surface area contributed by atoms with Gasteiger partial charge in [-0.25, -0.2) is 4.68 Å². The first-order valence-corrected chi connectivity index (χ1v) is 7.44. The zero-order valence-corrected chi connectivity index (χ0v) is 12.1. The summed E-state index contributed by atoms with van der Waals surface area (Å²) in [7, 11) is 0. The smallest absolute Gasteiger partial charge is 0.175 e. The van der Waals surface area contributed by atoms with E-state index in [0.717, 1.165) is 25.2 Å². The number of hydrogen-bond donors (Lipinski definition) is 1. The van der Waals surface area contributed by atoms with Crippen molar-refractivity contribution in [3.63, 3.8) is 0 Å². The fourth-order valence-corrected chi connectivity index (χ4v) is 2.52. The lowest BCUT2D eigenvalue weighted by Gasteiger charge is -2.07. The molecule has 1 aliphatic carbocycles. The van der Waals surface area contributed by atoms with Crippen molar-refractivity contribution in [3.8, 4) is 5.82 Å². The van der Waals surface area contributed by atoms with Crippen molar-refractivity contribution in [1.82, 2.24) is 25.3 Å². The number of nitrogens with one attached hydrogen (secondary N) is 1. The molecule has 0 aliphatic heterocycles. The zero-order valence-electron chi connectivity index (χ0n) is 12.1. The van der Waals surface area contributed by atoms with E-state index in [4.69, 9.17) is 5.10 Å². The average molecular weight is 271 g/mol. The second kappa shape index (κ2) is 5.71. The lowest BCUT2D eigenvalue weighted by molar-refractivity contribution is 0.676. The minimum absolute atomic E-state index is 0.712. The van der Waals surface area contributed by atoms with Gasteiger partial charge >= 0.3 is 0 Å². The summed E-state index contributed by atoms with van der Waals surface area (Å²) in [5.74, 6) is 0.803. The lowest BCUT2D eigenvalue weighted by atomic mass is 10.1. The molecule has 1 fully saturated rings. The van der Waals surface area contributed by atoms with Crippen LogP contribution in [0.15, 0.2) is 18.3 Å². The van der Waals surface area contributed by atoms with Crippen LogP contribution in [0.4, 0.5) is 0 Å². The molecule has 5 nitrogen and oxygen atoms in total. The molecule has 1 saturated carbocycles. The number of aromatic nitrogens is 4. The van der Waals surface area contributed by atoms with Gasteiger partial charge in [-0.3, -0.25) is 0 Å². The first-order valence-electron chi connectivity index (χ1n) is 7.44. The normalized spacial score (nSPS) is 14.7. The van der Waals surface area contributed by atoms with Crippen molar-refractivity contribution in [3.05, 3.63) is 35.3 Å². The van der Waals surface area contributed by atoms with Crippen LogP contribution in [0, 0.1) is 0 Å². The Morgan fingerprint density at radius 2 is 2.15 bits per heavy atom. The first kappa shape index (κ1) is 13.2. The van der Waals surface area contributed by atoms with Crippen molar-refractivity contribution in [2.45, 2.75) is 52.1 Å². The van der Waals surface area contributed by atoms with Gasteiger partial charge in [0.25, 0.3) is 0 Å². The quantitative estimate of drug-likeness (QED) is 0.873. The molecule has 0 saturated heterocycles. The van der Waals surface area contributed by atoms with Crippen LogP contribution in [0.2, 0.25) is 0 Å². The third-order valence-electron chi connectivity index (χ3n) is 3.76. The van der Waals surface area contributed by atoms with Crippen LogP contribution in [0.5, 0.6) is 0 Å². The molecule has 2 aromatic rings. The van der Waals surface area contributed by atoms with E-state index in [9.17, 15) is 0 Å². The van der Waals surface area contributed by atoms with Gasteiger partial charge in [0.15, 0.2) is 5.82 Å². The molecule has 0 aromatic carbocycles. The predicted molar refractivity (Wildman–Crippen MR) is 77.8 cm³/mol. The van der Waals surface area contributed by atoms with E-state index < -0.39 is 0 Å². The monoisotopic (exact) mass is 271 g/mol. The van der Waals surface area contributed by atoms with Gasteiger partial charge in [0.05, 0.1) is 11.4 Å². The van der Waals surface area contributed by atoms with Gasteiger partial charge in [0, 0.05) is 24.3 Å². The van der Waals surface area contributed by atoms with Crippen molar-refractivity contribution in [1.29, 1.82) is 0 Å². The van der Waals surface area contributed by atoms with E-state index in [2.05, 4.69) is 29.4 Å². The number of nitrogens with zero attached hydrogens (tertiary/aromatic N) is 4. The summed E-state index contributed by atoms with van der Waals surface area (Å²) < 4.78 is 1.95. The summed E-state index contributed by atoms with van der Waals surface area (Å²) in [5.41, 5.74) is 3.75. The van der Waals surface area contributed by atoms with Gasteiger partial charge in [0.1, 0.15) is 0 Å². The van der Waals surface area contributed by atoms with E-state index in [0.29, 0.717) is 6.04 Å². The highest BCUT2D eigenvalue weighted by molar-refractivity contribution is 5.33. The van der Waals surface area contributed by atoms with E-state index >= 15 is 0 Å². The standard InChI is InChI=1S/C15H21N5/c1-3-13-12(10-16-11-7-8-11)14(4-2)20(19-13)15-6-5-9-17-18-15/h5-6,9,11,16H,3-4,7-8,10H2,1-2H3. The molecule has 2 heterocycles. The second-order valence-electron chi connectivity index (χ2n) is 5.23. The molecule has 0 spiro atoms. The summed E-state index contributed by atoms with van der Waals surface area (Å²) in [5, 5.41) is 16.5. The molecule has 1 N–H and O–H groups in total. The molecule has 5 heteroatoms. The Balaban J connectivity index is 1.97. The zero-order chi connectivity index (χ0) is 13.9. The van der Waals surface area contributed by atoms with Gasteiger partial charge < -0.3 is 5.32 Å². The summed E-state index contributed by atoms with van der Waals surface area (Å²) >= 11 is 0. The van der Waals surface area contributed by atoms with E-state index in [1.54, 1.807) is 6.20 Å². The van der Waals surface area contributed by atoms with Crippen molar-refractivity contribution in [2.24, 2.45) is 0 Å². The maximum Gasteiger partial charge on any atom is 0.175 e. The summed E-state index contributed by atoms with van der Waals surface area (Å²) in [6, 6.07) is 4.57. The number of hydrogen-bond acceptors (Lipinski definition) is 4. The van der Waals surface area contributed by atoms with Gasteiger partial charge in [-0.2, -0.15) is 10.2 Å². The minimum Gasteiger partial charge on any atom is -0.310 e. The molecule has 0 radical (unpaired) electrons. The molecule has 0 amide bonds. The first-order chi connectivity index (χ1) is 9.83. The lowest BCUT2D eigenvalue weighted by Crippen LogP contribution is -2.17. The topological polar surface area (TPSA) is 55.6 Å². The van der Waals surface area contributed by atoms with Crippen LogP contribution in [0.3, 0.4) is 0 Å². The predicted octanol–water partition coefficient (Wildman–Crippen LogP) is 2.04. The van der Waals surface area contributed by atoms with Gasteiger partial charge in [-0.15, -0.1) is 5.10 Å². The highest BCUT2D eigenvalue weighted by Gasteiger charge is 2.23. The van der Waals surface area contributed by atoms with Crippen molar-refractivity contribution < 1.29 is 0 Å². The molecule has 106 valence electrons. The minimum atomic E-state index is 0.712. The third kappa shape index (κ3) is 2.58. The molecule has 20 heavy (non-hydrogen) atoms. The Labute approximate surface area is 119 Å². The Morgan fingerprint density at radius 1 is 1.30 bits per heavy atom. The highest BCUT2D eigenvalue weighted by atomic mass is 15.3. The SMILES string of the molecule is CCc1nn(-c2cccnn2)c(CC)c1CNC1CC1. The second-order valence-corrected chi connectivity index (χ2v) is 5.23. The third-order valence-corrected chi connectivity index (χ3v) is 3.76. The average Bonchev–Trinajstić information content (AvgIpc) is 3.25. The maximum atomic E-state index is 4.74. The molecular weight excluding hydrogens is 250 g/mol. The van der Waals surface area contributed by atoms with Crippen molar-refractivity contribution in [2.75, 3.05) is 0 Å². The number of aryl methyl sites for hydroxylation is 1. The summed E-state index contributed by atoms with van der Waals surface area (Å²) in [4.78, 5) is 0. The molecule has 1 aliphatic rings. The van der Waals surface area contributed by atoms with Gasteiger partial charge in [0.2, 0.25) is 0 Å². The van der Waals surface area contributed by atoms with E-state index in [1.807, 2.05) is 16.8 Å². The number of rotatable bonds is 6. The molecular formula is C15H21N5. The van der Waals surface area contributed by atoms with Crippen LogP contribution in [-0.4, -0.2) is 26.0 Å². The summed E-state index contributed by atoms with van der Waals surface area (Å²) in [6.07, 6.45) is 6.20. The van der Waals surface area contributed by atoms with Crippen LogP contribution in [-0.2, 0) is 19.4 Å². The van der Waals surface area contributed by atoms with Gasteiger partial charge in [-0.1, -0.05) is 13.8 Å². The molecule has 0 atom stereocenters. The van der Waals surface area contributed by atoms with Crippen molar-refractivity contribution >= 4 is 0 Å². The Morgan fingerprint density at radius 3 is 2.75 bits per heavy atom. The Kier molecular flexibility index (Phi) is 3.78. The van der Waals surface area contributed by atoms with Crippen LogP contribution in [0.1, 0.15) is 43.6 Å². The maximum absolute atomic E-state index is 4.74. The molecule has 3 rings (SSSR count). The fraction of sp³-hybridized carbons (Fsp3) is 0.533. The fourth-order valence-electron chi connectivity index (χ4n) is 2.52. The van der Waals surface area contributed by atoms with Crippen LogP contribution in [0.25, 0.3) is 5.82 Å². The Hall–Kier alpha value is -1.75. The van der Waals surface area contributed by atoms with Gasteiger partial charge in [-0.05, 0) is 37.8 Å². The van der Waals surface area contributed by atoms with Crippen LogP contribution >= 0.6 is 0 Å². The molecule has 2 aromatic heterocycles. The van der Waals surface area contributed by atoms with E-state index in [1.165, 1.54) is 29.8 Å².